The van der Waals surface area contributed by atoms with Crippen molar-refractivity contribution in [2.24, 2.45) is 0 Å². The molecule has 2 aromatic rings. The standard InChI is InChI=1S/C15H16BrNO4S/c1-3-21-14-9-8-11(16)10-15(14)22(18,19)17-12-6-4-5-7-13(12)20-2/h4-10,17H,3H2,1-2H3. The second-order valence-corrected chi connectivity index (χ2v) is 6.90. The predicted octanol–water partition coefficient (Wildman–Crippen LogP) is 3.66. The molecule has 0 radical (unpaired) electrons. The third-order valence-electron chi connectivity index (χ3n) is 2.85. The van der Waals surface area contributed by atoms with Crippen LogP contribution in [0.25, 0.3) is 0 Å². The van der Waals surface area contributed by atoms with Crippen molar-refractivity contribution < 1.29 is 17.9 Å². The summed E-state index contributed by atoms with van der Waals surface area (Å²) in [6.07, 6.45) is 0. The van der Waals surface area contributed by atoms with Gasteiger partial charge in [0.15, 0.2) is 0 Å². The van der Waals surface area contributed by atoms with Crippen LogP contribution in [0.5, 0.6) is 11.5 Å². The van der Waals surface area contributed by atoms with Crippen molar-refractivity contribution in [3.8, 4) is 11.5 Å². The van der Waals surface area contributed by atoms with Crippen molar-refractivity contribution in [1.82, 2.24) is 0 Å². The summed E-state index contributed by atoms with van der Waals surface area (Å²) in [5, 5.41) is 0. The third kappa shape index (κ3) is 3.72. The van der Waals surface area contributed by atoms with Gasteiger partial charge in [0, 0.05) is 4.47 Å². The topological polar surface area (TPSA) is 64.6 Å². The molecule has 0 atom stereocenters. The van der Waals surface area contributed by atoms with E-state index in [1.807, 2.05) is 0 Å². The Morgan fingerprint density at radius 1 is 1.14 bits per heavy atom. The summed E-state index contributed by atoms with van der Waals surface area (Å²) in [7, 11) is -2.32. The van der Waals surface area contributed by atoms with Crippen LogP contribution in [-0.4, -0.2) is 22.1 Å². The summed E-state index contributed by atoms with van der Waals surface area (Å²) < 4.78 is 39.0. The molecule has 0 aromatic heterocycles. The average molecular weight is 386 g/mol. The van der Waals surface area contributed by atoms with Gasteiger partial charge in [0.1, 0.15) is 16.4 Å². The molecule has 0 saturated carbocycles. The van der Waals surface area contributed by atoms with E-state index in [-0.39, 0.29) is 4.90 Å². The van der Waals surface area contributed by atoms with Gasteiger partial charge < -0.3 is 9.47 Å². The zero-order valence-corrected chi connectivity index (χ0v) is 14.6. The predicted molar refractivity (Wildman–Crippen MR) is 89.1 cm³/mol. The molecule has 0 aliphatic carbocycles. The Morgan fingerprint density at radius 2 is 1.86 bits per heavy atom. The van der Waals surface area contributed by atoms with Crippen LogP contribution in [0.15, 0.2) is 51.8 Å². The van der Waals surface area contributed by atoms with Crippen LogP contribution in [-0.2, 0) is 10.0 Å². The molecule has 7 heteroatoms. The van der Waals surface area contributed by atoms with Crippen molar-refractivity contribution in [1.29, 1.82) is 0 Å². The zero-order valence-electron chi connectivity index (χ0n) is 12.2. The lowest BCUT2D eigenvalue weighted by atomic mass is 10.3. The maximum absolute atomic E-state index is 12.7. The van der Waals surface area contributed by atoms with Gasteiger partial charge in [-0.2, -0.15) is 0 Å². The summed E-state index contributed by atoms with van der Waals surface area (Å²) in [6.45, 7) is 2.17. The molecular weight excluding hydrogens is 370 g/mol. The summed E-state index contributed by atoms with van der Waals surface area (Å²) in [5.41, 5.74) is 0.368. The van der Waals surface area contributed by atoms with Gasteiger partial charge in [-0.3, -0.25) is 4.72 Å². The largest absolute Gasteiger partial charge is 0.495 e. The molecule has 22 heavy (non-hydrogen) atoms. The van der Waals surface area contributed by atoms with Crippen LogP contribution in [0.3, 0.4) is 0 Å². The summed E-state index contributed by atoms with van der Waals surface area (Å²) >= 11 is 3.28. The molecule has 0 fully saturated rings. The molecule has 5 nitrogen and oxygen atoms in total. The second kappa shape index (κ2) is 7.02. The Kier molecular flexibility index (Phi) is 5.31. The van der Waals surface area contributed by atoms with Crippen LogP contribution in [0.4, 0.5) is 5.69 Å². The molecule has 2 rings (SSSR count). The van der Waals surface area contributed by atoms with E-state index in [0.29, 0.717) is 28.3 Å². The Hall–Kier alpha value is -1.73. The van der Waals surface area contributed by atoms with E-state index >= 15 is 0 Å². The highest BCUT2D eigenvalue weighted by atomic mass is 79.9. The second-order valence-electron chi connectivity index (χ2n) is 4.33. The third-order valence-corrected chi connectivity index (χ3v) is 4.73. The van der Waals surface area contributed by atoms with Crippen LogP contribution in [0, 0.1) is 0 Å². The van der Waals surface area contributed by atoms with Crippen molar-refractivity contribution in [3.63, 3.8) is 0 Å². The van der Waals surface area contributed by atoms with E-state index in [1.165, 1.54) is 13.2 Å². The van der Waals surface area contributed by atoms with E-state index in [0.717, 1.165) is 0 Å². The SMILES string of the molecule is CCOc1ccc(Br)cc1S(=O)(=O)Nc1ccccc1OC. The molecule has 118 valence electrons. The number of hydrogen-bond donors (Lipinski definition) is 1. The number of sulfonamides is 1. The van der Waals surface area contributed by atoms with Crippen molar-refractivity contribution in [3.05, 3.63) is 46.9 Å². The highest BCUT2D eigenvalue weighted by molar-refractivity contribution is 9.10. The molecule has 0 amide bonds. The van der Waals surface area contributed by atoms with Gasteiger partial charge in [-0.05, 0) is 37.3 Å². The maximum atomic E-state index is 12.7. The Labute approximate surface area is 138 Å². The van der Waals surface area contributed by atoms with Gasteiger partial charge >= 0.3 is 0 Å². The summed E-state index contributed by atoms with van der Waals surface area (Å²) in [4.78, 5) is 0.0645. The van der Waals surface area contributed by atoms with Crippen LogP contribution >= 0.6 is 15.9 Å². The Morgan fingerprint density at radius 3 is 2.55 bits per heavy atom. The number of ether oxygens (including phenoxy) is 2. The number of rotatable bonds is 6. The first-order chi connectivity index (χ1) is 10.5. The van der Waals surface area contributed by atoms with Crippen LogP contribution in [0.2, 0.25) is 0 Å². The molecule has 0 spiro atoms. The average Bonchev–Trinajstić information content (AvgIpc) is 2.49. The quantitative estimate of drug-likeness (QED) is 0.823. The van der Waals surface area contributed by atoms with Gasteiger partial charge in [0.05, 0.1) is 19.4 Å². The molecule has 1 N–H and O–H groups in total. The molecule has 0 aliphatic rings. The van der Waals surface area contributed by atoms with Gasteiger partial charge in [0.2, 0.25) is 0 Å². The molecule has 0 bridgehead atoms. The van der Waals surface area contributed by atoms with Gasteiger partial charge in [-0.15, -0.1) is 0 Å². The lowest BCUT2D eigenvalue weighted by Crippen LogP contribution is -2.15. The number of nitrogens with one attached hydrogen (secondary N) is 1. The number of methoxy groups -OCH3 is 1. The van der Waals surface area contributed by atoms with E-state index in [1.54, 1.807) is 43.3 Å². The number of halogens is 1. The minimum Gasteiger partial charge on any atom is -0.495 e. The molecule has 0 aliphatic heterocycles. The lowest BCUT2D eigenvalue weighted by molar-refractivity contribution is 0.331. The lowest BCUT2D eigenvalue weighted by Gasteiger charge is -2.14. The molecular formula is C15H16BrNO4S. The fourth-order valence-electron chi connectivity index (χ4n) is 1.90. The number of benzene rings is 2. The summed E-state index contributed by atoms with van der Waals surface area (Å²) in [6, 6.07) is 11.7. The maximum Gasteiger partial charge on any atom is 0.265 e. The minimum atomic E-state index is -3.81. The summed E-state index contributed by atoms with van der Waals surface area (Å²) in [5.74, 6) is 0.743. The number of para-hydroxylation sites is 2. The first kappa shape index (κ1) is 16.6. The van der Waals surface area contributed by atoms with Crippen molar-refractivity contribution >= 4 is 31.6 Å². The van der Waals surface area contributed by atoms with Crippen LogP contribution < -0.4 is 14.2 Å². The molecule has 0 heterocycles. The molecule has 0 unspecified atom stereocenters. The Bertz CT molecular complexity index is 762. The highest BCUT2D eigenvalue weighted by Gasteiger charge is 2.21. The van der Waals surface area contributed by atoms with E-state index in [9.17, 15) is 8.42 Å². The highest BCUT2D eigenvalue weighted by Crippen LogP contribution is 2.31. The van der Waals surface area contributed by atoms with Crippen molar-refractivity contribution in [2.45, 2.75) is 11.8 Å². The first-order valence-corrected chi connectivity index (χ1v) is 8.83. The fourth-order valence-corrected chi connectivity index (χ4v) is 3.65. The molecule has 2 aromatic carbocycles. The number of hydrogen-bond acceptors (Lipinski definition) is 4. The monoisotopic (exact) mass is 385 g/mol. The fraction of sp³-hybridized carbons (Fsp3) is 0.200. The van der Waals surface area contributed by atoms with E-state index < -0.39 is 10.0 Å². The number of anilines is 1. The normalized spacial score (nSPS) is 11.0. The molecule has 0 saturated heterocycles. The van der Waals surface area contributed by atoms with Gasteiger partial charge in [-0.25, -0.2) is 8.42 Å². The smallest absolute Gasteiger partial charge is 0.265 e. The van der Waals surface area contributed by atoms with Gasteiger partial charge in [-0.1, -0.05) is 28.1 Å². The van der Waals surface area contributed by atoms with Gasteiger partial charge in [0.25, 0.3) is 10.0 Å². The van der Waals surface area contributed by atoms with Crippen molar-refractivity contribution in [2.75, 3.05) is 18.4 Å². The van der Waals surface area contributed by atoms with Crippen LogP contribution in [0.1, 0.15) is 6.92 Å². The Balaban J connectivity index is 2.44. The van der Waals surface area contributed by atoms with E-state index in [4.69, 9.17) is 9.47 Å². The first-order valence-electron chi connectivity index (χ1n) is 6.56. The van der Waals surface area contributed by atoms with E-state index in [2.05, 4.69) is 20.7 Å². The minimum absolute atomic E-state index is 0.0645. The zero-order chi connectivity index (χ0) is 16.2.